The van der Waals surface area contributed by atoms with E-state index in [2.05, 4.69) is 115 Å². The summed E-state index contributed by atoms with van der Waals surface area (Å²) in [5.41, 5.74) is 7.00. The fourth-order valence-corrected chi connectivity index (χ4v) is 4.72. The van der Waals surface area contributed by atoms with E-state index in [0.717, 1.165) is 22.7 Å². The van der Waals surface area contributed by atoms with Crippen molar-refractivity contribution in [2.24, 2.45) is 0 Å². The topological polar surface area (TPSA) is 28.0 Å². The molecule has 1 aromatic heterocycles. The normalized spacial score (nSPS) is 15.1. The van der Waals surface area contributed by atoms with Gasteiger partial charge in [-0.3, -0.25) is 0 Å². The molecule has 154 valence electrons. The van der Waals surface area contributed by atoms with Crippen LogP contribution in [0, 0.1) is 0 Å². The molecule has 4 aromatic rings. The van der Waals surface area contributed by atoms with Gasteiger partial charge < -0.3 is 9.72 Å². The number of benzene rings is 3. The number of allylic oxidation sites excluding steroid dienone is 1. The number of nitrogens with zero attached hydrogens (tertiary/aromatic N) is 1. The van der Waals surface area contributed by atoms with Gasteiger partial charge in [-0.1, -0.05) is 54.6 Å². The molecular formula is C28H27N2O+. The van der Waals surface area contributed by atoms with Crippen LogP contribution >= 0.6 is 0 Å². The van der Waals surface area contributed by atoms with Crippen LogP contribution in [0.25, 0.3) is 28.1 Å². The van der Waals surface area contributed by atoms with Gasteiger partial charge in [0.15, 0.2) is 5.71 Å². The fraction of sp³-hybridized carbons (Fsp3) is 0.179. The zero-order chi connectivity index (χ0) is 21.6. The monoisotopic (exact) mass is 407 g/mol. The van der Waals surface area contributed by atoms with Gasteiger partial charge in [-0.05, 0) is 42.3 Å². The maximum atomic E-state index is 5.69. The van der Waals surface area contributed by atoms with Crippen LogP contribution in [0.2, 0.25) is 0 Å². The summed E-state index contributed by atoms with van der Waals surface area (Å²) in [5, 5.41) is 2.47. The molecule has 0 aliphatic carbocycles. The molecule has 0 spiro atoms. The number of hydrogen-bond acceptors (Lipinski definition) is 1. The summed E-state index contributed by atoms with van der Waals surface area (Å²) in [6, 6.07) is 25.7. The van der Waals surface area contributed by atoms with Gasteiger partial charge in [0.1, 0.15) is 12.8 Å². The van der Waals surface area contributed by atoms with Crippen molar-refractivity contribution in [3.05, 3.63) is 90.1 Å². The highest BCUT2D eigenvalue weighted by Gasteiger charge is 2.42. The van der Waals surface area contributed by atoms with E-state index >= 15 is 0 Å². The van der Waals surface area contributed by atoms with Crippen LogP contribution in [-0.2, 0) is 5.41 Å². The third-order valence-electron chi connectivity index (χ3n) is 6.44. The Hall–Kier alpha value is -3.59. The first-order valence-corrected chi connectivity index (χ1v) is 10.6. The molecule has 0 saturated carbocycles. The Balaban J connectivity index is 1.52. The summed E-state index contributed by atoms with van der Waals surface area (Å²) < 4.78 is 7.97. The summed E-state index contributed by atoms with van der Waals surface area (Å²) in [5.74, 6) is 0.843. The summed E-state index contributed by atoms with van der Waals surface area (Å²) in [7, 11) is 3.86. The van der Waals surface area contributed by atoms with Gasteiger partial charge in [-0.15, -0.1) is 0 Å². The summed E-state index contributed by atoms with van der Waals surface area (Å²) >= 11 is 0. The molecule has 3 nitrogen and oxygen atoms in total. The number of aromatic amines is 1. The minimum absolute atomic E-state index is 0.0527. The molecule has 0 unspecified atom stereocenters. The lowest BCUT2D eigenvalue weighted by molar-refractivity contribution is -0.401. The molecule has 0 amide bonds. The molecule has 31 heavy (non-hydrogen) atoms. The molecule has 3 aromatic carbocycles. The van der Waals surface area contributed by atoms with Crippen LogP contribution in [0.1, 0.15) is 25.1 Å². The van der Waals surface area contributed by atoms with Crippen molar-refractivity contribution in [3.63, 3.8) is 0 Å². The molecular weight excluding hydrogens is 380 g/mol. The highest BCUT2D eigenvalue weighted by molar-refractivity contribution is 6.05. The molecule has 2 heterocycles. The minimum atomic E-state index is -0.0527. The van der Waals surface area contributed by atoms with Gasteiger partial charge in [-0.25, -0.2) is 0 Å². The van der Waals surface area contributed by atoms with Crippen molar-refractivity contribution in [2.75, 3.05) is 14.2 Å². The van der Waals surface area contributed by atoms with Crippen molar-refractivity contribution >= 4 is 28.2 Å². The van der Waals surface area contributed by atoms with Crippen molar-refractivity contribution in [2.45, 2.75) is 19.3 Å². The Bertz CT molecular complexity index is 1350. The van der Waals surface area contributed by atoms with E-state index in [1.165, 1.54) is 27.7 Å². The number of methoxy groups -OCH3 is 1. The van der Waals surface area contributed by atoms with Crippen molar-refractivity contribution in [1.29, 1.82) is 0 Å². The summed E-state index contributed by atoms with van der Waals surface area (Å²) in [4.78, 5) is 3.56. The Kier molecular flexibility index (Phi) is 4.55. The van der Waals surface area contributed by atoms with Gasteiger partial charge in [0.05, 0.1) is 18.2 Å². The van der Waals surface area contributed by atoms with E-state index in [9.17, 15) is 0 Å². The summed E-state index contributed by atoms with van der Waals surface area (Å²) in [6.07, 6.45) is 4.33. The molecule has 0 fully saturated rings. The van der Waals surface area contributed by atoms with E-state index in [4.69, 9.17) is 4.74 Å². The zero-order valence-electron chi connectivity index (χ0n) is 18.4. The highest BCUT2D eigenvalue weighted by atomic mass is 16.5. The first kappa shape index (κ1) is 19.4. The largest absolute Gasteiger partial charge is 0.494 e. The third-order valence-corrected chi connectivity index (χ3v) is 6.44. The average Bonchev–Trinajstić information content (AvgIpc) is 3.29. The van der Waals surface area contributed by atoms with E-state index in [1.54, 1.807) is 7.11 Å². The first-order chi connectivity index (χ1) is 15.0. The molecule has 1 aliphatic heterocycles. The SMILES string of the molecule is COc1cc(-c2ccc3ccccc3c2)[nH]c1/C=C/C1=[N+](C)c2ccccc2C1(C)C. The quantitative estimate of drug-likeness (QED) is 0.381. The van der Waals surface area contributed by atoms with Gasteiger partial charge in [0, 0.05) is 29.5 Å². The van der Waals surface area contributed by atoms with E-state index in [0.29, 0.717) is 0 Å². The number of hydrogen-bond donors (Lipinski definition) is 1. The Morgan fingerprint density at radius 2 is 1.61 bits per heavy atom. The zero-order valence-corrected chi connectivity index (χ0v) is 18.4. The lowest BCUT2D eigenvalue weighted by Gasteiger charge is -2.15. The maximum absolute atomic E-state index is 5.69. The molecule has 0 atom stereocenters. The van der Waals surface area contributed by atoms with Crippen LogP contribution < -0.4 is 4.74 Å². The maximum Gasteiger partial charge on any atom is 0.209 e. The number of nitrogens with one attached hydrogen (secondary N) is 1. The summed E-state index contributed by atoms with van der Waals surface area (Å²) in [6.45, 7) is 4.56. The number of fused-ring (bicyclic) bond motifs is 2. The number of H-pyrrole nitrogens is 1. The molecule has 0 saturated heterocycles. The van der Waals surface area contributed by atoms with Crippen molar-refractivity contribution in [1.82, 2.24) is 4.98 Å². The third kappa shape index (κ3) is 3.17. The lowest BCUT2D eigenvalue weighted by atomic mass is 9.81. The lowest BCUT2D eigenvalue weighted by Crippen LogP contribution is -2.26. The average molecular weight is 408 g/mol. The van der Waals surface area contributed by atoms with Crippen molar-refractivity contribution < 1.29 is 9.31 Å². The van der Waals surface area contributed by atoms with Gasteiger partial charge in [-0.2, -0.15) is 4.58 Å². The number of ether oxygens (including phenoxy) is 1. The Morgan fingerprint density at radius 3 is 2.39 bits per heavy atom. The Morgan fingerprint density at radius 1 is 0.871 bits per heavy atom. The molecule has 0 bridgehead atoms. The predicted octanol–water partition coefficient (Wildman–Crippen LogP) is 6.56. The van der Waals surface area contributed by atoms with Crippen LogP contribution in [-0.4, -0.2) is 29.4 Å². The molecule has 3 heteroatoms. The van der Waals surface area contributed by atoms with Crippen LogP contribution in [0.4, 0.5) is 5.69 Å². The number of para-hydroxylation sites is 1. The van der Waals surface area contributed by atoms with E-state index < -0.39 is 0 Å². The molecule has 1 aliphatic rings. The van der Waals surface area contributed by atoms with Crippen LogP contribution in [0.15, 0.2) is 78.9 Å². The van der Waals surface area contributed by atoms with Gasteiger partial charge in [0.2, 0.25) is 5.69 Å². The second kappa shape index (κ2) is 7.28. The second-order valence-corrected chi connectivity index (χ2v) is 8.65. The smallest absolute Gasteiger partial charge is 0.209 e. The van der Waals surface area contributed by atoms with E-state index in [-0.39, 0.29) is 5.41 Å². The van der Waals surface area contributed by atoms with Gasteiger partial charge in [0.25, 0.3) is 0 Å². The second-order valence-electron chi connectivity index (χ2n) is 8.65. The minimum Gasteiger partial charge on any atom is -0.494 e. The van der Waals surface area contributed by atoms with Crippen LogP contribution in [0.3, 0.4) is 0 Å². The van der Waals surface area contributed by atoms with Gasteiger partial charge >= 0.3 is 0 Å². The molecule has 1 N–H and O–H groups in total. The fourth-order valence-electron chi connectivity index (χ4n) is 4.72. The van der Waals surface area contributed by atoms with Crippen molar-refractivity contribution in [3.8, 4) is 17.0 Å². The standard InChI is InChI=1S/C28H26N2O/c1-28(2)22-11-7-8-12-25(22)30(3)27(28)16-15-23-26(31-4)18-24(29-23)21-14-13-19-9-5-6-10-20(19)17-21/h5-18H,1-4H3/p+1. The Labute approximate surface area is 183 Å². The number of aromatic nitrogens is 1. The first-order valence-electron chi connectivity index (χ1n) is 10.6. The van der Waals surface area contributed by atoms with Crippen LogP contribution in [0.5, 0.6) is 5.75 Å². The predicted molar refractivity (Wildman–Crippen MR) is 130 cm³/mol. The number of rotatable bonds is 4. The van der Waals surface area contributed by atoms with E-state index in [1.807, 2.05) is 0 Å². The molecule has 0 radical (unpaired) electrons. The highest BCUT2D eigenvalue weighted by Crippen LogP contribution is 2.39. The molecule has 5 rings (SSSR count).